The molecule has 0 bridgehead atoms. The van der Waals surface area contributed by atoms with Crippen LogP contribution in [-0.4, -0.2) is 21.1 Å². The van der Waals surface area contributed by atoms with E-state index in [0.717, 1.165) is 11.3 Å². The van der Waals surface area contributed by atoms with Gasteiger partial charge >= 0.3 is 0 Å². The van der Waals surface area contributed by atoms with Crippen LogP contribution in [0.25, 0.3) is 0 Å². The Bertz CT molecular complexity index is 878. The number of ether oxygens (including phenoxy) is 1. The third-order valence-corrected chi connectivity index (χ3v) is 3.51. The van der Waals surface area contributed by atoms with Crippen molar-refractivity contribution < 1.29 is 9.15 Å². The second-order valence-corrected chi connectivity index (χ2v) is 5.46. The van der Waals surface area contributed by atoms with Crippen molar-refractivity contribution in [2.24, 2.45) is 5.10 Å². The Balaban J connectivity index is 1.77. The number of nitrogens with one attached hydrogen (secondary N) is 1. The van der Waals surface area contributed by atoms with Crippen molar-refractivity contribution in [1.29, 1.82) is 0 Å². The predicted molar refractivity (Wildman–Crippen MR) is 89.4 cm³/mol. The fraction of sp³-hybridized carbons (Fsp3) is 0.188. The second-order valence-electron chi connectivity index (χ2n) is 5.07. The van der Waals surface area contributed by atoms with Gasteiger partial charge in [0.1, 0.15) is 18.1 Å². The number of furan rings is 1. The highest BCUT2D eigenvalue weighted by atomic mass is 32.1. The normalized spacial score (nSPS) is 11.2. The van der Waals surface area contributed by atoms with Crippen molar-refractivity contribution in [2.75, 3.05) is 0 Å². The minimum atomic E-state index is 0.256. The van der Waals surface area contributed by atoms with Crippen molar-refractivity contribution in [3.63, 3.8) is 0 Å². The van der Waals surface area contributed by atoms with Gasteiger partial charge in [-0.05, 0) is 49.8 Å². The molecule has 2 aromatic heterocycles. The molecule has 0 unspecified atom stereocenters. The van der Waals surface area contributed by atoms with Crippen LogP contribution < -0.4 is 4.74 Å². The summed E-state index contributed by atoms with van der Waals surface area (Å²) in [4.78, 5) is 0. The Morgan fingerprint density at radius 3 is 3.00 bits per heavy atom. The third-order valence-electron chi connectivity index (χ3n) is 3.25. The number of hydrogen-bond acceptors (Lipinski definition) is 5. The highest BCUT2D eigenvalue weighted by molar-refractivity contribution is 7.71. The van der Waals surface area contributed by atoms with Gasteiger partial charge in [-0.15, -0.1) is 0 Å². The predicted octanol–water partition coefficient (Wildman–Crippen LogP) is 3.61. The highest BCUT2D eigenvalue weighted by Gasteiger charge is 2.07. The van der Waals surface area contributed by atoms with Crippen molar-refractivity contribution in [3.05, 3.63) is 64.1 Å². The molecule has 3 aromatic rings. The molecule has 0 amide bonds. The largest absolute Gasteiger partial charge is 0.485 e. The second kappa shape index (κ2) is 6.62. The van der Waals surface area contributed by atoms with Crippen molar-refractivity contribution in [1.82, 2.24) is 14.9 Å². The SMILES string of the molecule is Cc1ccc(OCc2n[nH]c(=S)n2/N=C\c2ccco2)c(C)c1. The fourth-order valence-corrected chi connectivity index (χ4v) is 2.32. The zero-order valence-electron chi connectivity index (χ0n) is 12.8. The topological polar surface area (TPSA) is 68.3 Å². The van der Waals surface area contributed by atoms with Gasteiger partial charge in [-0.1, -0.05) is 17.7 Å². The van der Waals surface area contributed by atoms with E-state index in [9.17, 15) is 0 Å². The van der Waals surface area contributed by atoms with E-state index in [1.807, 2.05) is 26.0 Å². The first-order valence-corrected chi connectivity index (χ1v) is 7.48. The van der Waals surface area contributed by atoms with Gasteiger partial charge in [-0.25, -0.2) is 5.10 Å². The van der Waals surface area contributed by atoms with Crippen LogP contribution in [0.5, 0.6) is 5.75 Å². The molecule has 2 heterocycles. The number of aromatic amines is 1. The number of H-pyrrole nitrogens is 1. The van der Waals surface area contributed by atoms with Crippen LogP contribution in [0.15, 0.2) is 46.1 Å². The fourth-order valence-electron chi connectivity index (χ4n) is 2.12. The molecule has 118 valence electrons. The molecule has 1 N–H and O–H groups in total. The van der Waals surface area contributed by atoms with Gasteiger partial charge < -0.3 is 9.15 Å². The summed E-state index contributed by atoms with van der Waals surface area (Å²) in [6.07, 6.45) is 3.16. The van der Waals surface area contributed by atoms with Crippen LogP contribution in [0.1, 0.15) is 22.7 Å². The minimum Gasteiger partial charge on any atom is -0.485 e. The van der Waals surface area contributed by atoms with E-state index in [1.54, 1.807) is 24.6 Å². The standard InChI is InChI=1S/C16H16N4O2S/c1-11-5-6-14(12(2)8-11)22-10-15-18-19-16(23)20(15)17-9-13-4-3-7-21-13/h3-9H,10H2,1-2H3,(H,19,23)/b17-9-. The molecule has 0 saturated carbocycles. The monoisotopic (exact) mass is 328 g/mol. The molecule has 0 fully saturated rings. The molecule has 0 saturated heterocycles. The van der Waals surface area contributed by atoms with E-state index in [-0.39, 0.29) is 6.61 Å². The summed E-state index contributed by atoms with van der Waals surface area (Å²) in [6.45, 7) is 4.31. The molecule has 0 aliphatic rings. The van der Waals surface area contributed by atoms with Gasteiger partial charge in [0.25, 0.3) is 0 Å². The minimum absolute atomic E-state index is 0.256. The number of benzene rings is 1. The van der Waals surface area contributed by atoms with Gasteiger partial charge in [-0.2, -0.15) is 14.9 Å². The molecular formula is C16H16N4O2S. The number of nitrogens with zero attached hydrogens (tertiary/aromatic N) is 3. The number of aryl methyl sites for hydroxylation is 2. The zero-order chi connectivity index (χ0) is 16.2. The lowest BCUT2D eigenvalue weighted by Gasteiger charge is -2.09. The maximum absolute atomic E-state index is 5.82. The Morgan fingerprint density at radius 2 is 2.26 bits per heavy atom. The van der Waals surface area contributed by atoms with Crippen LogP contribution in [0.4, 0.5) is 0 Å². The van der Waals surface area contributed by atoms with E-state index in [2.05, 4.69) is 21.4 Å². The molecule has 1 aromatic carbocycles. The molecule has 0 aliphatic carbocycles. The molecule has 23 heavy (non-hydrogen) atoms. The Kier molecular flexibility index (Phi) is 4.38. The lowest BCUT2D eigenvalue weighted by Crippen LogP contribution is -2.05. The summed E-state index contributed by atoms with van der Waals surface area (Å²) >= 11 is 5.19. The summed E-state index contributed by atoms with van der Waals surface area (Å²) in [6, 6.07) is 9.62. The van der Waals surface area contributed by atoms with E-state index >= 15 is 0 Å². The lowest BCUT2D eigenvalue weighted by molar-refractivity contribution is 0.288. The summed E-state index contributed by atoms with van der Waals surface area (Å²) in [5.74, 6) is 2.03. The summed E-state index contributed by atoms with van der Waals surface area (Å²) in [7, 11) is 0. The Morgan fingerprint density at radius 1 is 1.39 bits per heavy atom. The maximum Gasteiger partial charge on any atom is 0.216 e. The molecule has 3 rings (SSSR count). The first-order valence-electron chi connectivity index (χ1n) is 7.07. The molecule has 0 atom stereocenters. The number of rotatable bonds is 5. The smallest absolute Gasteiger partial charge is 0.216 e. The summed E-state index contributed by atoms with van der Waals surface area (Å²) in [5, 5.41) is 11.2. The number of hydrogen-bond donors (Lipinski definition) is 1. The van der Waals surface area contributed by atoms with Crippen LogP contribution in [0.3, 0.4) is 0 Å². The molecule has 0 spiro atoms. The van der Waals surface area contributed by atoms with Crippen molar-refractivity contribution in [2.45, 2.75) is 20.5 Å². The van der Waals surface area contributed by atoms with Crippen molar-refractivity contribution in [3.8, 4) is 5.75 Å². The van der Waals surface area contributed by atoms with Gasteiger partial charge in [-0.3, -0.25) is 0 Å². The zero-order valence-corrected chi connectivity index (χ0v) is 13.6. The Hall–Kier alpha value is -2.67. The van der Waals surface area contributed by atoms with Crippen LogP contribution in [0.2, 0.25) is 0 Å². The average molecular weight is 328 g/mol. The number of aromatic nitrogens is 3. The van der Waals surface area contributed by atoms with Crippen LogP contribution in [-0.2, 0) is 6.61 Å². The van der Waals surface area contributed by atoms with E-state index in [1.165, 1.54) is 10.2 Å². The van der Waals surface area contributed by atoms with Gasteiger partial charge in [0.15, 0.2) is 5.82 Å². The summed E-state index contributed by atoms with van der Waals surface area (Å²) in [5.41, 5.74) is 2.27. The van der Waals surface area contributed by atoms with Crippen molar-refractivity contribution >= 4 is 18.4 Å². The van der Waals surface area contributed by atoms with E-state index in [0.29, 0.717) is 16.4 Å². The molecule has 0 aliphatic heterocycles. The van der Waals surface area contributed by atoms with Gasteiger partial charge in [0.05, 0.1) is 12.5 Å². The maximum atomic E-state index is 5.82. The highest BCUT2D eigenvalue weighted by Crippen LogP contribution is 2.19. The van der Waals surface area contributed by atoms with E-state index in [4.69, 9.17) is 21.4 Å². The van der Waals surface area contributed by atoms with Gasteiger partial charge in [0.2, 0.25) is 4.77 Å². The quantitative estimate of drug-likeness (QED) is 0.574. The Labute approximate surface area is 138 Å². The molecule has 6 nitrogen and oxygen atoms in total. The van der Waals surface area contributed by atoms with Crippen LogP contribution in [0, 0.1) is 18.6 Å². The van der Waals surface area contributed by atoms with Crippen LogP contribution >= 0.6 is 12.2 Å². The third kappa shape index (κ3) is 3.57. The average Bonchev–Trinajstić information content (AvgIpc) is 3.14. The molecule has 0 radical (unpaired) electrons. The first-order chi connectivity index (χ1) is 11.1. The van der Waals surface area contributed by atoms with E-state index < -0.39 is 0 Å². The molecular weight excluding hydrogens is 312 g/mol. The summed E-state index contributed by atoms with van der Waals surface area (Å²) < 4.78 is 12.9. The van der Waals surface area contributed by atoms with Gasteiger partial charge in [0, 0.05) is 0 Å². The lowest BCUT2D eigenvalue weighted by atomic mass is 10.1. The molecule has 7 heteroatoms. The first kappa shape index (κ1) is 15.2.